The zero-order valence-corrected chi connectivity index (χ0v) is 12.6. The molecule has 0 aliphatic carbocycles. The number of aromatic nitrogens is 4. The number of fused-ring (bicyclic) bond motifs is 1. The zero-order valence-electron chi connectivity index (χ0n) is 12.6. The van der Waals surface area contributed by atoms with E-state index >= 15 is 0 Å². The normalized spacial score (nSPS) is 27.2. The number of nitrogens with one attached hydrogen (secondary N) is 1. The molecule has 24 heavy (non-hydrogen) atoms. The number of hydrogen-bond donors (Lipinski definition) is 6. The maximum absolute atomic E-state index is 10.1. The van der Waals surface area contributed by atoms with Gasteiger partial charge in [0.05, 0.1) is 32.2 Å². The molecule has 3 heterocycles. The molecule has 4 unspecified atom stereocenters. The maximum atomic E-state index is 10.1. The van der Waals surface area contributed by atoms with Crippen molar-refractivity contribution in [3.05, 3.63) is 12.7 Å². The Kier molecular flexibility index (Phi) is 4.89. The fourth-order valence-electron chi connectivity index (χ4n) is 2.60. The highest BCUT2D eigenvalue weighted by molar-refractivity contribution is 5.82. The van der Waals surface area contributed by atoms with Crippen LogP contribution in [0.3, 0.4) is 0 Å². The molecule has 0 saturated carbocycles. The van der Waals surface area contributed by atoms with Gasteiger partial charge in [-0.05, 0) is 0 Å². The molecule has 1 aliphatic rings. The molecule has 0 bridgehead atoms. The number of imidazole rings is 1. The topological polar surface area (TPSA) is 166 Å². The third-order valence-electron chi connectivity index (χ3n) is 3.93. The minimum atomic E-state index is -1.26. The summed E-state index contributed by atoms with van der Waals surface area (Å²) in [6.07, 6.45) is -1.72. The Morgan fingerprint density at radius 2 is 1.88 bits per heavy atom. The van der Waals surface area contributed by atoms with Crippen molar-refractivity contribution in [2.24, 2.45) is 0 Å². The molecule has 0 radical (unpaired) electrons. The highest BCUT2D eigenvalue weighted by Crippen LogP contribution is 2.32. The van der Waals surface area contributed by atoms with Crippen LogP contribution in [0.5, 0.6) is 0 Å². The number of aliphatic hydroxyl groups is 5. The van der Waals surface area contributed by atoms with Gasteiger partial charge in [-0.25, -0.2) is 15.0 Å². The predicted octanol–water partition coefficient (Wildman–Crippen LogP) is -2.80. The summed E-state index contributed by atoms with van der Waals surface area (Å²) in [4.78, 5) is 12.3. The Balaban J connectivity index is 1.94. The van der Waals surface area contributed by atoms with E-state index in [1.165, 1.54) is 17.2 Å². The van der Waals surface area contributed by atoms with Crippen LogP contribution in [0.4, 0.5) is 5.82 Å². The van der Waals surface area contributed by atoms with Crippen LogP contribution in [0, 0.1) is 0 Å². The van der Waals surface area contributed by atoms with Gasteiger partial charge in [0.2, 0.25) is 0 Å². The first-order valence-corrected chi connectivity index (χ1v) is 7.39. The molecule has 1 saturated heterocycles. The maximum Gasteiger partial charge on any atom is 0.167 e. The van der Waals surface area contributed by atoms with Crippen molar-refractivity contribution in [3.8, 4) is 0 Å². The van der Waals surface area contributed by atoms with E-state index < -0.39 is 37.2 Å². The van der Waals surface area contributed by atoms with Crippen LogP contribution in [0.25, 0.3) is 11.2 Å². The minimum Gasteiger partial charge on any atom is -0.394 e. The van der Waals surface area contributed by atoms with Crippen LogP contribution in [0.2, 0.25) is 0 Å². The van der Waals surface area contributed by atoms with Crippen molar-refractivity contribution >= 4 is 17.0 Å². The van der Waals surface area contributed by atoms with Crippen LogP contribution < -0.4 is 5.32 Å². The molecule has 3 rings (SSSR count). The van der Waals surface area contributed by atoms with Crippen molar-refractivity contribution < 1.29 is 30.3 Å². The lowest BCUT2D eigenvalue weighted by molar-refractivity contribution is -0.0511. The van der Waals surface area contributed by atoms with E-state index in [9.17, 15) is 15.3 Å². The van der Waals surface area contributed by atoms with Crippen molar-refractivity contribution in [2.75, 3.05) is 25.1 Å². The Labute approximate surface area is 136 Å². The second-order valence-corrected chi connectivity index (χ2v) is 5.48. The van der Waals surface area contributed by atoms with Gasteiger partial charge >= 0.3 is 0 Å². The fourth-order valence-corrected chi connectivity index (χ4v) is 2.60. The fraction of sp³-hybridized carbons (Fsp3) is 0.615. The first-order valence-electron chi connectivity index (χ1n) is 7.39. The number of rotatable bonds is 6. The molecule has 0 aromatic carbocycles. The van der Waals surface area contributed by atoms with Gasteiger partial charge in [0.15, 0.2) is 23.2 Å². The molecule has 11 heteroatoms. The van der Waals surface area contributed by atoms with Gasteiger partial charge in [0.25, 0.3) is 0 Å². The van der Waals surface area contributed by atoms with Crippen LogP contribution in [-0.2, 0) is 4.74 Å². The summed E-state index contributed by atoms with van der Waals surface area (Å²) in [5.41, 5.74) is 0.680. The molecule has 1 fully saturated rings. The first kappa shape index (κ1) is 17.0. The van der Waals surface area contributed by atoms with Crippen molar-refractivity contribution in [1.29, 1.82) is 0 Å². The van der Waals surface area contributed by atoms with Crippen molar-refractivity contribution in [3.63, 3.8) is 0 Å². The number of hydrogen-bond acceptors (Lipinski definition) is 10. The summed E-state index contributed by atoms with van der Waals surface area (Å²) in [6, 6.07) is -0.609. The van der Waals surface area contributed by atoms with E-state index in [-0.39, 0.29) is 13.2 Å². The lowest BCUT2D eigenvalue weighted by atomic mass is 10.1. The second-order valence-electron chi connectivity index (χ2n) is 5.48. The number of ether oxygens (including phenoxy) is 1. The zero-order chi connectivity index (χ0) is 17.3. The lowest BCUT2D eigenvalue weighted by Gasteiger charge is -2.17. The molecule has 0 amide bonds. The Morgan fingerprint density at radius 1 is 1.12 bits per heavy atom. The lowest BCUT2D eigenvalue weighted by Crippen LogP contribution is -2.33. The SMILES string of the molecule is OCC(CO)Nc1ncnc2c1ncn2C1OC(CO)C(O)C1O. The quantitative estimate of drug-likeness (QED) is 0.323. The van der Waals surface area contributed by atoms with Gasteiger partial charge < -0.3 is 35.6 Å². The number of anilines is 1. The molecule has 2 aromatic heterocycles. The van der Waals surface area contributed by atoms with E-state index in [4.69, 9.17) is 14.9 Å². The predicted molar refractivity (Wildman–Crippen MR) is 79.9 cm³/mol. The third kappa shape index (κ3) is 2.81. The summed E-state index contributed by atoms with van der Waals surface area (Å²) < 4.78 is 6.89. The van der Waals surface area contributed by atoms with Gasteiger partial charge in [0.1, 0.15) is 24.6 Å². The van der Waals surface area contributed by atoms with E-state index in [2.05, 4.69) is 20.3 Å². The molecule has 0 spiro atoms. The van der Waals surface area contributed by atoms with Gasteiger partial charge in [-0.2, -0.15) is 0 Å². The van der Waals surface area contributed by atoms with Crippen LogP contribution in [-0.4, -0.2) is 89.2 Å². The Hall–Kier alpha value is -1.89. The standard InChI is InChI=1S/C13H19N5O6/c19-1-6(2-20)17-11-8-12(15-4-14-11)18(5-16-8)13-10(23)9(22)7(3-21)24-13/h4-7,9-10,13,19-23H,1-3H2,(H,14,15,17). The van der Waals surface area contributed by atoms with E-state index in [0.717, 1.165) is 0 Å². The van der Waals surface area contributed by atoms with Crippen LogP contribution in [0.15, 0.2) is 12.7 Å². The van der Waals surface area contributed by atoms with Gasteiger partial charge in [-0.15, -0.1) is 0 Å². The molecule has 132 valence electrons. The summed E-state index contributed by atoms with van der Waals surface area (Å²) in [7, 11) is 0. The molecular formula is C13H19N5O6. The van der Waals surface area contributed by atoms with Crippen molar-refractivity contribution in [2.45, 2.75) is 30.6 Å². The Bertz CT molecular complexity index is 693. The minimum absolute atomic E-state index is 0.294. The average molecular weight is 341 g/mol. The van der Waals surface area contributed by atoms with Crippen LogP contribution >= 0.6 is 0 Å². The third-order valence-corrected chi connectivity index (χ3v) is 3.93. The van der Waals surface area contributed by atoms with E-state index in [1.54, 1.807) is 0 Å². The van der Waals surface area contributed by atoms with Crippen molar-refractivity contribution in [1.82, 2.24) is 19.5 Å². The highest BCUT2D eigenvalue weighted by atomic mass is 16.6. The van der Waals surface area contributed by atoms with E-state index in [1.807, 2.05) is 0 Å². The summed E-state index contributed by atoms with van der Waals surface area (Å²) in [5, 5.41) is 50.3. The van der Waals surface area contributed by atoms with Gasteiger partial charge in [-0.1, -0.05) is 0 Å². The van der Waals surface area contributed by atoms with Gasteiger partial charge in [-0.3, -0.25) is 4.57 Å². The molecule has 1 aliphatic heterocycles. The Morgan fingerprint density at radius 3 is 2.50 bits per heavy atom. The largest absolute Gasteiger partial charge is 0.394 e. The monoisotopic (exact) mass is 341 g/mol. The summed E-state index contributed by atoms with van der Waals surface area (Å²) in [5.74, 6) is 0.304. The van der Waals surface area contributed by atoms with Crippen LogP contribution in [0.1, 0.15) is 6.23 Å². The summed E-state index contributed by atoms with van der Waals surface area (Å²) in [6.45, 7) is -1.02. The molecule has 2 aromatic rings. The molecule has 4 atom stereocenters. The molecule has 11 nitrogen and oxygen atoms in total. The number of aliphatic hydroxyl groups excluding tert-OH is 5. The molecular weight excluding hydrogens is 322 g/mol. The average Bonchev–Trinajstić information content (AvgIpc) is 3.15. The smallest absolute Gasteiger partial charge is 0.167 e. The highest BCUT2D eigenvalue weighted by Gasteiger charge is 2.44. The van der Waals surface area contributed by atoms with E-state index in [0.29, 0.717) is 17.0 Å². The second kappa shape index (κ2) is 6.93. The summed E-state index contributed by atoms with van der Waals surface area (Å²) >= 11 is 0. The number of nitrogens with zero attached hydrogens (tertiary/aromatic N) is 4. The molecule has 6 N–H and O–H groups in total. The first-order chi connectivity index (χ1) is 11.6. The van der Waals surface area contributed by atoms with Gasteiger partial charge in [0, 0.05) is 0 Å².